The number of fused-ring (bicyclic) bond motifs is 1. The van der Waals surface area contributed by atoms with Crippen LogP contribution in [0.1, 0.15) is 11.3 Å². The highest BCUT2D eigenvalue weighted by molar-refractivity contribution is 6.36. The van der Waals surface area contributed by atoms with Crippen LogP contribution in [-0.2, 0) is 11.3 Å². The molecule has 9 heteroatoms. The second kappa shape index (κ2) is 9.91. The summed E-state index contributed by atoms with van der Waals surface area (Å²) < 4.78 is 6.85. The van der Waals surface area contributed by atoms with E-state index in [2.05, 4.69) is 20.7 Å². The summed E-state index contributed by atoms with van der Waals surface area (Å²) in [6, 6.07) is 20.5. The Kier molecular flexibility index (Phi) is 6.37. The van der Waals surface area contributed by atoms with Crippen molar-refractivity contribution < 1.29 is 9.21 Å². The number of hydrogen-bond donors (Lipinski definition) is 2. The minimum absolute atomic E-state index is 0.251. The molecule has 3 aromatic heterocycles. The monoisotopic (exact) mass is 479 g/mol. The fourth-order valence-electron chi connectivity index (χ4n) is 3.59. The summed E-state index contributed by atoms with van der Waals surface area (Å²) in [7, 11) is 6.10. The van der Waals surface area contributed by atoms with Gasteiger partial charge in [0.1, 0.15) is 19.4 Å². The van der Waals surface area contributed by atoms with E-state index in [-0.39, 0.29) is 5.91 Å². The lowest BCUT2D eigenvalue weighted by molar-refractivity contribution is -0.111. The molecule has 0 fully saturated rings. The van der Waals surface area contributed by atoms with Gasteiger partial charge in [0.2, 0.25) is 5.91 Å². The molecule has 7 nitrogen and oxygen atoms in total. The number of aromatic nitrogens is 3. The van der Waals surface area contributed by atoms with Crippen LogP contribution in [0.15, 0.2) is 89.7 Å². The van der Waals surface area contributed by atoms with Gasteiger partial charge in [0.15, 0.2) is 5.65 Å². The van der Waals surface area contributed by atoms with Crippen LogP contribution in [-0.4, -0.2) is 28.4 Å². The van der Waals surface area contributed by atoms with E-state index in [0.717, 1.165) is 11.1 Å². The standard InChI is InChI=1S/C26H19BClN5O2/c27-21-16-30-33-24(14-23(32-26(21)33)20-8-1-2-9-22(20)28)29-15-17-5-3-6-18(13-17)31-25(34)11-10-19-7-4-12-35-19/h1-14,16,29H,15H2,(H,31,34)/b11-10+. The van der Waals surface area contributed by atoms with Gasteiger partial charge in [-0.3, -0.25) is 4.79 Å². The van der Waals surface area contributed by atoms with Crippen LogP contribution >= 0.6 is 11.6 Å². The van der Waals surface area contributed by atoms with Gasteiger partial charge in [0, 0.05) is 41.2 Å². The highest BCUT2D eigenvalue weighted by atomic mass is 35.5. The van der Waals surface area contributed by atoms with Gasteiger partial charge in [-0.15, -0.1) is 0 Å². The summed E-state index contributed by atoms with van der Waals surface area (Å²) in [6.07, 6.45) is 6.16. The normalized spacial score (nSPS) is 11.2. The highest BCUT2D eigenvalue weighted by Crippen LogP contribution is 2.28. The molecule has 0 saturated carbocycles. The Hall–Kier alpha value is -4.30. The molecular weight excluding hydrogens is 461 g/mol. The van der Waals surface area contributed by atoms with Crippen molar-refractivity contribution in [3.63, 3.8) is 0 Å². The fourth-order valence-corrected chi connectivity index (χ4v) is 3.82. The fraction of sp³-hybridized carbons (Fsp3) is 0.0385. The molecule has 5 rings (SSSR count). The Morgan fingerprint density at radius 2 is 2.00 bits per heavy atom. The minimum Gasteiger partial charge on any atom is -0.465 e. The number of rotatable bonds is 7. The number of amides is 1. The molecule has 1 amide bonds. The Bertz CT molecular complexity index is 1530. The average Bonchev–Trinajstić information content (AvgIpc) is 3.52. The predicted octanol–water partition coefficient (Wildman–Crippen LogP) is 4.70. The zero-order chi connectivity index (χ0) is 24.2. The molecule has 0 atom stereocenters. The summed E-state index contributed by atoms with van der Waals surface area (Å²) in [5.41, 5.74) is 4.12. The largest absolute Gasteiger partial charge is 0.465 e. The predicted molar refractivity (Wildman–Crippen MR) is 139 cm³/mol. The summed E-state index contributed by atoms with van der Waals surface area (Å²) in [5, 5.41) is 11.2. The smallest absolute Gasteiger partial charge is 0.248 e. The van der Waals surface area contributed by atoms with Crippen LogP contribution in [0.5, 0.6) is 0 Å². The van der Waals surface area contributed by atoms with Crippen LogP contribution in [0.25, 0.3) is 23.0 Å². The molecule has 0 bridgehead atoms. The third-order valence-electron chi connectivity index (χ3n) is 5.26. The Morgan fingerprint density at radius 1 is 1.11 bits per heavy atom. The SMILES string of the molecule is [B]c1cnn2c(NCc3cccc(NC(=O)/C=C/c4ccco4)c3)cc(-c3ccccc3Cl)nc12. The van der Waals surface area contributed by atoms with Crippen LogP contribution in [0, 0.1) is 0 Å². The summed E-state index contributed by atoms with van der Waals surface area (Å²) in [4.78, 5) is 16.9. The van der Waals surface area contributed by atoms with Crippen molar-refractivity contribution in [2.75, 3.05) is 10.6 Å². The van der Waals surface area contributed by atoms with Gasteiger partial charge >= 0.3 is 0 Å². The van der Waals surface area contributed by atoms with Crippen molar-refractivity contribution in [2.24, 2.45) is 0 Å². The summed E-state index contributed by atoms with van der Waals surface area (Å²) in [5.74, 6) is 1.06. The van der Waals surface area contributed by atoms with Gasteiger partial charge < -0.3 is 15.1 Å². The number of nitrogens with one attached hydrogen (secondary N) is 2. The maximum Gasteiger partial charge on any atom is 0.248 e. The summed E-state index contributed by atoms with van der Waals surface area (Å²) in [6.45, 7) is 0.479. The van der Waals surface area contributed by atoms with E-state index in [1.165, 1.54) is 6.08 Å². The van der Waals surface area contributed by atoms with E-state index >= 15 is 0 Å². The van der Waals surface area contributed by atoms with Crippen molar-refractivity contribution in [3.05, 3.63) is 102 Å². The molecule has 170 valence electrons. The first kappa shape index (κ1) is 22.5. The average molecular weight is 480 g/mol. The van der Waals surface area contributed by atoms with Crippen molar-refractivity contribution in [2.45, 2.75) is 6.54 Å². The first-order valence-electron chi connectivity index (χ1n) is 10.8. The first-order valence-corrected chi connectivity index (χ1v) is 11.2. The van der Waals surface area contributed by atoms with Crippen LogP contribution in [0.3, 0.4) is 0 Å². The quantitative estimate of drug-likeness (QED) is 0.261. The number of anilines is 2. The zero-order valence-electron chi connectivity index (χ0n) is 18.5. The molecule has 0 spiro atoms. The number of nitrogens with zero attached hydrogens (tertiary/aromatic N) is 3. The number of benzene rings is 2. The second-order valence-corrected chi connectivity index (χ2v) is 8.14. The highest BCUT2D eigenvalue weighted by Gasteiger charge is 2.12. The third-order valence-corrected chi connectivity index (χ3v) is 5.59. The first-order chi connectivity index (χ1) is 17.1. The van der Waals surface area contributed by atoms with Crippen molar-refractivity contribution in [3.8, 4) is 11.3 Å². The molecule has 2 N–H and O–H groups in total. The number of halogens is 1. The Morgan fingerprint density at radius 3 is 2.83 bits per heavy atom. The molecule has 2 radical (unpaired) electrons. The molecule has 2 aromatic carbocycles. The minimum atomic E-state index is -0.251. The van der Waals surface area contributed by atoms with Gasteiger partial charge in [-0.25, -0.2) is 4.98 Å². The maximum atomic E-state index is 12.3. The maximum absolute atomic E-state index is 12.3. The number of carbonyl (C=O) groups excluding carboxylic acids is 1. The second-order valence-electron chi connectivity index (χ2n) is 7.73. The lowest BCUT2D eigenvalue weighted by Gasteiger charge is -2.12. The van der Waals surface area contributed by atoms with Gasteiger partial charge in [-0.05, 0) is 47.4 Å². The molecule has 0 unspecified atom stereocenters. The lowest BCUT2D eigenvalue weighted by atomic mass is 10.0. The molecule has 35 heavy (non-hydrogen) atoms. The van der Waals surface area contributed by atoms with E-state index in [4.69, 9.17) is 23.9 Å². The number of furan rings is 1. The molecule has 0 aliphatic heterocycles. The number of hydrogen-bond acceptors (Lipinski definition) is 5. The van der Waals surface area contributed by atoms with E-state index in [9.17, 15) is 4.79 Å². The molecule has 0 aliphatic carbocycles. The summed E-state index contributed by atoms with van der Waals surface area (Å²) >= 11 is 6.40. The number of carbonyl (C=O) groups is 1. The van der Waals surface area contributed by atoms with Gasteiger partial charge in [0.25, 0.3) is 0 Å². The van der Waals surface area contributed by atoms with Crippen molar-refractivity contribution >= 4 is 54.0 Å². The zero-order valence-corrected chi connectivity index (χ0v) is 19.2. The van der Waals surface area contributed by atoms with Crippen molar-refractivity contribution in [1.29, 1.82) is 0 Å². The Labute approximate surface area is 207 Å². The Balaban J connectivity index is 1.35. The van der Waals surface area contributed by atoms with Gasteiger partial charge in [-0.2, -0.15) is 9.61 Å². The molecule has 5 aromatic rings. The van der Waals surface area contributed by atoms with E-state index in [1.54, 1.807) is 35.2 Å². The van der Waals surface area contributed by atoms with E-state index in [1.807, 2.05) is 54.6 Å². The van der Waals surface area contributed by atoms with E-state index < -0.39 is 0 Å². The molecule has 3 heterocycles. The van der Waals surface area contributed by atoms with Crippen LogP contribution in [0.4, 0.5) is 11.5 Å². The molecule has 0 aliphatic rings. The van der Waals surface area contributed by atoms with Crippen LogP contribution < -0.4 is 16.1 Å². The lowest BCUT2D eigenvalue weighted by Crippen LogP contribution is -2.10. The van der Waals surface area contributed by atoms with Gasteiger partial charge in [-0.1, -0.05) is 41.9 Å². The van der Waals surface area contributed by atoms with Crippen molar-refractivity contribution in [1.82, 2.24) is 14.6 Å². The van der Waals surface area contributed by atoms with E-state index in [0.29, 0.717) is 45.6 Å². The van der Waals surface area contributed by atoms with Crippen LogP contribution in [0.2, 0.25) is 5.02 Å². The third kappa shape index (κ3) is 5.12. The topological polar surface area (TPSA) is 84.5 Å². The van der Waals surface area contributed by atoms with Gasteiger partial charge in [0.05, 0.1) is 12.0 Å². The molecular formula is C26H19BClN5O2. The molecule has 0 saturated heterocycles.